The number of halogens is 1. The summed E-state index contributed by atoms with van der Waals surface area (Å²) in [7, 11) is 7.42. The zero-order chi connectivity index (χ0) is 26.1. The quantitative estimate of drug-likeness (QED) is 0.324. The molecule has 0 spiro atoms. The molecule has 1 atom stereocenters. The van der Waals surface area contributed by atoms with Gasteiger partial charge in [0, 0.05) is 30.7 Å². The molecule has 10 heteroatoms. The monoisotopic (exact) mass is 501 g/mol. The van der Waals surface area contributed by atoms with Gasteiger partial charge in [0.05, 0.1) is 35.4 Å². The van der Waals surface area contributed by atoms with E-state index < -0.39 is 5.82 Å². The van der Waals surface area contributed by atoms with Gasteiger partial charge in [-0.3, -0.25) is 9.67 Å². The molecule has 0 bridgehead atoms. The van der Waals surface area contributed by atoms with E-state index >= 15 is 4.39 Å². The number of anilines is 2. The van der Waals surface area contributed by atoms with Gasteiger partial charge < -0.3 is 19.7 Å². The van der Waals surface area contributed by atoms with Crippen LogP contribution in [0, 0.1) is 5.82 Å². The molecule has 0 saturated heterocycles. The Hall–Kier alpha value is -4.31. The molecule has 3 aromatic heterocycles. The number of methoxy groups -OCH3 is 1. The molecule has 5 aromatic rings. The fourth-order valence-corrected chi connectivity index (χ4v) is 4.40. The maximum absolute atomic E-state index is 15.4. The highest BCUT2D eigenvalue weighted by molar-refractivity contribution is 5.99. The summed E-state index contributed by atoms with van der Waals surface area (Å²) in [4.78, 5) is 15.2. The van der Waals surface area contributed by atoms with E-state index in [0.717, 1.165) is 5.56 Å². The minimum Gasteiger partial charge on any atom is -0.493 e. The Morgan fingerprint density at radius 1 is 1.08 bits per heavy atom. The molecule has 0 fully saturated rings. The molecule has 190 valence electrons. The fraction of sp³-hybridized carbons (Fsp3) is 0.259. The van der Waals surface area contributed by atoms with Gasteiger partial charge in [-0.05, 0) is 57.4 Å². The molecule has 0 amide bonds. The molecule has 9 nitrogen and oxygen atoms in total. The van der Waals surface area contributed by atoms with E-state index in [1.807, 2.05) is 45.1 Å². The van der Waals surface area contributed by atoms with E-state index in [-0.39, 0.29) is 11.8 Å². The summed E-state index contributed by atoms with van der Waals surface area (Å²) < 4.78 is 29.0. The molecule has 0 aliphatic heterocycles. The molecule has 0 radical (unpaired) electrons. The predicted octanol–water partition coefficient (Wildman–Crippen LogP) is 4.80. The number of fused-ring (bicyclic) bond motifs is 2. The van der Waals surface area contributed by atoms with E-state index in [4.69, 9.17) is 9.47 Å². The summed E-state index contributed by atoms with van der Waals surface area (Å²) in [6, 6.07) is 10.6. The van der Waals surface area contributed by atoms with Gasteiger partial charge in [0.25, 0.3) is 0 Å². The third kappa shape index (κ3) is 4.88. The number of ether oxygens (including phenoxy) is 2. The van der Waals surface area contributed by atoms with Crippen molar-refractivity contribution < 1.29 is 13.9 Å². The minimum atomic E-state index is -0.407. The minimum absolute atomic E-state index is 0.143. The van der Waals surface area contributed by atoms with Crippen LogP contribution in [0.15, 0.2) is 55.1 Å². The lowest BCUT2D eigenvalue weighted by molar-refractivity contribution is 0.179. The van der Waals surface area contributed by atoms with Crippen LogP contribution in [0.4, 0.5) is 15.9 Å². The number of aryl methyl sites for hydroxylation is 1. The van der Waals surface area contributed by atoms with E-state index in [1.54, 1.807) is 48.5 Å². The van der Waals surface area contributed by atoms with Crippen molar-refractivity contribution in [3.63, 3.8) is 0 Å². The molecule has 0 saturated carbocycles. The van der Waals surface area contributed by atoms with E-state index in [9.17, 15) is 0 Å². The van der Waals surface area contributed by atoms with Gasteiger partial charge in [-0.2, -0.15) is 5.10 Å². The van der Waals surface area contributed by atoms with E-state index in [0.29, 0.717) is 51.4 Å². The van der Waals surface area contributed by atoms with Crippen LogP contribution in [0.1, 0.15) is 6.92 Å². The van der Waals surface area contributed by atoms with Crippen molar-refractivity contribution in [3.05, 3.63) is 60.9 Å². The Kier molecular flexibility index (Phi) is 6.58. The number of hydrogen-bond donors (Lipinski definition) is 1. The molecule has 37 heavy (non-hydrogen) atoms. The second-order valence-electron chi connectivity index (χ2n) is 9.12. The summed E-state index contributed by atoms with van der Waals surface area (Å²) in [5.41, 5.74) is 2.93. The first-order chi connectivity index (χ1) is 17.8. The van der Waals surface area contributed by atoms with Gasteiger partial charge in [0.1, 0.15) is 29.7 Å². The largest absolute Gasteiger partial charge is 0.493 e. The van der Waals surface area contributed by atoms with Crippen LogP contribution in [0.5, 0.6) is 11.5 Å². The Morgan fingerprint density at radius 2 is 1.92 bits per heavy atom. The van der Waals surface area contributed by atoms with Gasteiger partial charge in [-0.15, -0.1) is 0 Å². The molecule has 0 unspecified atom stereocenters. The van der Waals surface area contributed by atoms with Gasteiger partial charge in [-0.1, -0.05) is 0 Å². The topological polar surface area (TPSA) is 90.2 Å². The Balaban J connectivity index is 1.66. The highest BCUT2D eigenvalue weighted by atomic mass is 19.1. The second-order valence-corrected chi connectivity index (χ2v) is 9.12. The molecule has 5 rings (SSSR count). The van der Waals surface area contributed by atoms with Gasteiger partial charge in [0.2, 0.25) is 0 Å². The third-order valence-electron chi connectivity index (χ3n) is 5.91. The average Bonchev–Trinajstić information content (AvgIpc) is 3.26. The maximum atomic E-state index is 15.4. The van der Waals surface area contributed by atoms with Crippen molar-refractivity contribution in [1.29, 1.82) is 0 Å². The van der Waals surface area contributed by atoms with Crippen molar-refractivity contribution >= 4 is 33.3 Å². The summed E-state index contributed by atoms with van der Waals surface area (Å²) >= 11 is 0. The van der Waals surface area contributed by atoms with Crippen molar-refractivity contribution in [3.8, 4) is 22.8 Å². The van der Waals surface area contributed by atoms with E-state index in [1.165, 1.54) is 6.33 Å². The standard InChI is InChI=1S/C27H28FN7O2/c1-16(13-34(2)3)37-22-12-17(26-23(36-5)14-35(4)33-26)11-21-24(22)27(31-15-30-21)32-20-9-8-19-18(25(20)28)7-6-10-29-19/h6-12,14-16H,13H2,1-5H3,(H,30,31,32)/t16-/m1/s1. The summed E-state index contributed by atoms with van der Waals surface area (Å²) in [5, 5.41) is 8.79. The molecule has 0 aliphatic rings. The maximum Gasteiger partial charge on any atom is 0.164 e. The zero-order valence-electron chi connectivity index (χ0n) is 21.4. The van der Waals surface area contributed by atoms with Crippen LogP contribution < -0.4 is 14.8 Å². The Bertz CT molecular complexity index is 1580. The fourth-order valence-electron chi connectivity index (χ4n) is 4.40. The molecule has 3 heterocycles. The van der Waals surface area contributed by atoms with Crippen molar-refractivity contribution in [2.24, 2.45) is 7.05 Å². The van der Waals surface area contributed by atoms with Crippen LogP contribution in [0.3, 0.4) is 0 Å². The second kappa shape index (κ2) is 9.98. The number of nitrogens with one attached hydrogen (secondary N) is 1. The number of likely N-dealkylation sites (N-methyl/N-ethyl adjacent to an activating group) is 1. The number of rotatable bonds is 8. The Morgan fingerprint density at radius 3 is 2.70 bits per heavy atom. The SMILES string of the molecule is COc1cn(C)nc1-c1cc(O[C@H](C)CN(C)C)c2c(Nc3ccc4ncccc4c3F)ncnc2c1. The van der Waals surface area contributed by atoms with Gasteiger partial charge >= 0.3 is 0 Å². The number of aromatic nitrogens is 5. The van der Waals surface area contributed by atoms with Crippen LogP contribution in [0.25, 0.3) is 33.1 Å². The summed E-state index contributed by atoms with van der Waals surface area (Å²) in [5.74, 6) is 1.21. The first-order valence-electron chi connectivity index (χ1n) is 11.8. The summed E-state index contributed by atoms with van der Waals surface area (Å²) in [6.07, 6.45) is 4.74. The zero-order valence-corrected chi connectivity index (χ0v) is 21.4. The predicted molar refractivity (Wildman–Crippen MR) is 142 cm³/mol. The molecule has 2 aromatic carbocycles. The van der Waals surface area contributed by atoms with E-state index in [2.05, 4.69) is 25.4 Å². The average molecular weight is 502 g/mol. The summed E-state index contributed by atoms with van der Waals surface area (Å²) in [6.45, 7) is 2.69. The lowest BCUT2D eigenvalue weighted by atomic mass is 10.1. The molecular weight excluding hydrogens is 473 g/mol. The normalized spacial score (nSPS) is 12.3. The number of benzene rings is 2. The highest BCUT2D eigenvalue weighted by Crippen LogP contribution is 2.39. The molecule has 0 aliphatic carbocycles. The lowest BCUT2D eigenvalue weighted by Gasteiger charge is -2.21. The first-order valence-corrected chi connectivity index (χ1v) is 11.8. The van der Waals surface area contributed by atoms with Crippen LogP contribution in [0.2, 0.25) is 0 Å². The van der Waals surface area contributed by atoms with Crippen LogP contribution in [-0.2, 0) is 7.05 Å². The van der Waals surface area contributed by atoms with Crippen molar-refractivity contribution in [1.82, 2.24) is 29.6 Å². The number of nitrogens with zero attached hydrogens (tertiary/aromatic N) is 6. The van der Waals surface area contributed by atoms with Crippen LogP contribution >= 0.6 is 0 Å². The smallest absolute Gasteiger partial charge is 0.164 e. The van der Waals surface area contributed by atoms with Crippen molar-refractivity contribution in [2.45, 2.75) is 13.0 Å². The van der Waals surface area contributed by atoms with Crippen LogP contribution in [-0.4, -0.2) is 63.5 Å². The molecular formula is C27H28FN7O2. The Labute approximate surface area is 213 Å². The number of pyridine rings is 1. The van der Waals surface area contributed by atoms with Gasteiger partial charge in [0.15, 0.2) is 11.6 Å². The first kappa shape index (κ1) is 24.4. The molecule has 1 N–H and O–H groups in total. The van der Waals surface area contributed by atoms with Crippen molar-refractivity contribution in [2.75, 3.05) is 33.1 Å². The third-order valence-corrected chi connectivity index (χ3v) is 5.91. The number of hydrogen-bond acceptors (Lipinski definition) is 8. The van der Waals surface area contributed by atoms with Gasteiger partial charge in [-0.25, -0.2) is 14.4 Å². The lowest BCUT2D eigenvalue weighted by Crippen LogP contribution is -2.28. The highest BCUT2D eigenvalue weighted by Gasteiger charge is 2.20.